The quantitative estimate of drug-likeness (QED) is 0.595. The molecule has 5 nitrogen and oxygen atoms in total. The van der Waals surface area contributed by atoms with Gasteiger partial charge in [0.15, 0.2) is 0 Å². The molecule has 1 heterocycles. The standard InChI is InChI=1S/C11H21N5S/c1-5-9(6-17-4)16(3)11-8(2)10(15-12)13-7-14-11/h7,9H,5-6,12H2,1-4H3,(H,13,14,15). The summed E-state index contributed by atoms with van der Waals surface area (Å²) in [5.41, 5.74) is 3.58. The first-order valence-electron chi connectivity index (χ1n) is 5.65. The summed E-state index contributed by atoms with van der Waals surface area (Å²) in [5.74, 6) is 8.13. The van der Waals surface area contributed by atoms with Crippen LogP contribution in [0.15, 0.2) is 6.33 Å². The van der Waals surface area contributed by atoms with Crippen LogP contribution in [0.2, 0.25) is 0 Å². The van der Waals surface area contributed by atoms with Crippen molar-refractivity contribution in [3.05, 3.63) is 11.9 Å². The summed E-state index contributed by atoms with van der Waals surface area (Å²) in [7, 11) is 2.07. The summed E-state index contributed by atoms with van der Waals surface area (Å²) in [5, 5.41) is 0. The fourth-order valence-electron chi connectivity index (χ4n) is 1.81. The molecule has 96 valence electrons. The Bertz CT molecular complexity index is 358. The molecule has 0 spiro atoms. The molecule has 1 aromatic heterocycles. The van der Waals surface area contributed by atoms with Crippen molar-refractivity contribution in [2.75, 3.05) is 29.4 Å². The van der Waals surface area contributed by atoms with Gasteiger partial charge >= 0.3 is 0 Å². The minimum absolute atomic E-state index is 0.476. The second-order valence-electron chi connectivity index (χ2n) is 3.94. The van der Waals surface area contributed by atoms with Crippen molar-refractivity contribution in [3.8, 4) is 0 Å². The van der Waals surface area contributed by atoms with Crippen molar-refractivity contribution in [2.24, 2.45) is 5.84 Å². The Morgan fingerprint density at radius 1 is 1.53 bits per heavy atom. The van der Waals surface area contributed by atoms with E-state index < -0.39 is 0 Å². The van der Waals surface area contributed by atoms with E-state index in [1.165, 1.54) is 0 Å². The molecule has 0 bridgehead atoms. The molecule has 6 heteroatoms. The molecule has 1 unspecified atom stereocenters. The number of aromatic nitrogens is 2. The van der Waals surface area contributed by atoms with Crippen LogP contribution in [0.1, 0.15) is 18.9 Å². The number of rotatable bonds is 6. The van der Waals surface area contributed by atoms with E-state index in [1.54, 1.807) is 6.33 Å². The molecule has 0 aliphatic rings. The van der Waals surface area contributed by atoms with Crippen LogP contribution < -0.4 is 16.2 Å². The molecule has 0 radical (unpaired) electrons. The first-order valence-corrected chi connectivity index (χ1v) is 7.05. The number of anilines is 2. The lowest BCUT2D eigenvalue weighted by Crippen LogP contribution is -2.34. The molecule has 1 aromatic rings. The van der Waals surface area contributed by atoms with Gasteiger partial charge in [-0.2, -0.15) is 11.8 Å². The van der Waals surface area contributed by atoms with E-state index in [4.69, 9.17) is 5.84 Å². The number of hydrogen-bond acceptors (Lipinski definition) is 6. The lowest BCUT2D eigenvalue weighted by molar-refractivity contribution is 0.663. The Kier molecular flexibility index (Phi) is 5.50. The largest absolute Gasteiger partial charge is 0.355 e. The second-order valence-corrected chi connectivity index (χ2v) is 4.85. The van der Waals surface area contributed by atoms with Gasteiger partial charge in [-0.15, -0.1) is 0 Å². The molecule has 0 amide bonds. The first kappa shape index (κ1) is 14.1. The van der Waals surface area contributed by atoms with Crippen molar-refractivity contribution in [1.29, 1.82) is 0 Å². The lowest BCUT2D eigenvalue weighted by atomic mass is 10.2. The molecule has 1 atom stereocenters. The second kappa shape index (κ2) is 6.66. The molecule has 0 fully saturated rings. The van der Waals surface area contributed by atoms with Gasteiger partial charge in [0, 0.05) is 24.4 Å². The van der Waals surface area contributed by atoms with Crippen LogP contribution in [-0.2, 0) is 0 Å². The normalized spacial score (nSPS) is 12.3. The van der Waals surface area contributed by atoms with Crippen molar-refractivity contribution in [3.63, 3.8) is 0 Å². The van der Waals surface area contributed by atoms with Crippen molar-refractivity contribution in [1.82, 2.24) is 9.97 Å². The predicted molar refractivity (Wildman–Crippen MR) is 75.4 cm³/mol. The van der Waals surface area contributed by atoms with Crippen LogP contribution in [0.25, 0.3) is 0 Å². The summed E-state index contributed by atoms with van der Waals surface area (Å²) in [6, 6.07) is 0.476. The Morgan fingerprint density at radius 2 is 2.24 bits per heavy atom. The molecule has 17 heavy (non-hydrogen) atoms. The van der Waals surface area contributed by atoms with E-state index in [0.29, 0.717) is 11.9 Å². The van der Waals surface area contributed by atoms with E-state index in [2.05, 4.69) is 40.5 Å². The zero-order valence-corrected chi connectivity index (χ0v) is 11.7. The van der Waals surface area contributed by atoms with Gasteiger partial charge in [-0.25, -0.2) is 15.8 Å². The Morgan fingerprint density at radius 3 is 2.76 bits per heavy atom. The van der Waals surface area contributed by atoms with E-state index >= 15 is 0 Å². The number of hydrazine groups is 1. The zero-order valence-electron chi connectivity index (χ0n) is 10.9. The van der Waals surface area contributed by atoms with E-state index in [-0.39, 0.29) is 0 Å². The molecular formula is C11H21N5S. The van der Waals surface area contributed by atoms with Gasteiger partial charge < -0.3 is 10.3 Å². The number of hydrogen-bond donors (Lipinski definition) is 2. The van der Waals surface area contributed by atoms with Crippen molar-refractivity contribution >= 4 is 23.4 Å². The number of nitrogens with one attached hydrogen (secondary N) is 1. The molecule has 0 saturated carbocycles. The van der Waals surface area contributed by atoms with Gasteiger partial charge in [-0.05, 0) is 19.6 Å². The minimum Gasteiger partial charge on any atom is -0.355 e. The minimum atomic E-state index is 0.476. The summed E-state index contributed by atoms with van der Waals surface area (Å²) in [6.07, 6.45) is 4.75. The molecular weight excluding hydrogens is 234 g/mol. The maximum absolute atomic E-state index is 5.42. The summed E-state index contributed by atoms with van der Waals surface area (Å²) in [4.78, 5) is 10.6. The van der Waals surface area contributed by atoms with E-state index in [0.717, 1.165) is 23.6 Å². The first-order chi connectivity index (χ1) is 8.15. The molecule has 0 aliphatic heterocycles. The fourth-order valence-corrected chi connectivity index (χ4v) is 2.65. The molecule has 3 N–H and O–H groups in total. The molecule has 0 aliphatic carbocycles. The highest BCUT2D eigenvalue weighted by Gasteiger charge is 2.17. The number of nitrogens with two attached hydrogens (primary N) is 1. The van der Waals surface area contributed by atoms with Crippen LogP contribution in [0, 0.1) is 6.92 Å². The maximum atomic E-state index is 5.42. The van der Waals surface area contributed by atoms with Crippen molar-refractivity contribution in [2.45, 2.75) is 26.3 Å². The Balaban J connectivity index is 2.98. The van der Waals surface area contributed by atoms with Gasteiger partial charge in [-0.1, -0.05) is 6.92 Å². The highest BCUT2D eigenvalue weighted by atomic mass is 32.2. The number of thioether (sulfide) groups is 1. The Labute approximate surface area is 107 Å². The van der Waals surface area contributed by atoms with Gasteiger partial charge in [0.25, 0.3) is 0 Å². The summed E-state index contributed by atoms with van der Waals surface area (Å²) in [6.45, 7) is 4.17. The van der Waals surface area contributed by atoms with Crippen LogP contribution in [0.5, 0.6) is 0 Å². The SMILES string of the molecule is CCC(CSC)N(C)c1ncnc(NN)c1C. The number of nitrogens with zero attached hydrogens (tertiary/aromatic N) is 3. The van der Waals surface area contributed by atoms with Gasteiger partial charge in [0.2, 0.25) is 0 Å². The summed E-state index contributed by atoms with van der Waals surface area (Å²) >= 11 is 1.85. The van der Waals surface area contributed by atoms with Gasteiger partial charge in [0.1, 0.15) is 18.0 Å². The average Bonchev–Trinajstić information content (AvgIpc) is 2.35. The van der Waals surface area contributed by atoms with E-state index in [1.807, 2.05) is 18.7 Å². The van der Waals surface area contributed by atoms with E-state index in [9.17, 15) is 0 Å². The topological polar surface area (TPSA) is 67.1 Å². The third kappa shape index (κ3) is 3.23. The van der Waals surface area contributed by atoms with Gasteiger partial charge in [-0.3, -0.25) is 0 Å². The van der Waals surface area contributed by atoms with Crippen molar-refractivity contribution < 1.29 is 0 Å². The van der Waals surface area contributed by atoms with Crippen LogP contribution in [-0.4, -0.2) is 35.1 Å². The molecule has 0 saturated heterocycles. The number of nitrogen functional groups attached to an aromatic ring is 1. The maximum Gasteiger partial charge on any atom is 0.148 e. The zero-order chi connectivity index (χ0) is 12.8. The fraction of sp³-hybridized carbons (Fsp3) is 0.636. The predicted octanol–water partition coefficient (Wildman–Crippen LogP) is 1.65. The monoisotopic (exact) mass is 255 g/mol. The highest BCUT2D eigenvalue weighted by Crippen LogP contribution is 2.23. The van der Waals surface area contributed by atoms with Crippen LogP contribution >= 0.6 is 11.8 Å². The van der Waals surface area contributed by atoms with Crippen LogP contribution in [0.4, 0.5) is 11.6 Å². The average molecular weight is 255 g/mol. The third-order valence-corrected chi connectivity index (χ3v) is 3.62. The summed E-state index contributed by atoms with van der Waals surface area (Å²) < 4.78 is 0. The Hall–Kier alpha value is -1.01. The lowest BCUT2D eigenvalue weighted by Gasteiger charge is -2.29. The smallest absolute Gasteiger partial charge is 0.148 e. The molecule has 1 rings (SSSR count). The third-order valence-electron chi connectivity index (χ3n) is 2.91. The van der Waals surface area contributed by atoms with Crippen LogP contribution in [0.3, 0.4) is 0 Å². The molecule has 0 aromatic carbocycles. The highest BCUT2D eigenvalue weighted by molar-refractivity contribution is 7.98. The van der Waals surface area contributed by atoms with Gasteiger partial charge in [0.05, 0.1) is 0 Å².